The van der Waals surface area contributed by atoms with Gasteiger partial charge in [0.25, 0.3) is 5.91 Å². The molecule has 6 nitrogen and oxygen atoms in total. The minimum atomic E-state index is -0.255. The van der Waals surface area contributed by atoms with E-state index in [4.69, 9.17) is 15.9 Å². The molecular weight excluding hydrogens is 246 g/mol. The molecule has 0 fully saturated rings. The van der Waals surface area contributed by atoms with Crippen molar-refractivity contribution in [2.45, 2.75) is 19.8 Å². The first-order valence-corrected chi connectivity index (χ1v) is 6.39. The number of nitrogens with zero attached hydrogens (tertiary/aromatic N) is 2. The van der Waals surface area contributed by atoms with Gasteiger partial charge in [0.05, 0.1) is 13.2 Å². The first-order valence-electron chi connectivity index (χ1n) is 6.39. The third-order valence-corrected chi connectivity index (χ3v) is 2.68. The Morgan fingerprint density at radius 2 is 1.95 bits per heavy atom. The number of aliphatic hydroxyl groups excluding tert-OH is 2. The Morgan fingerprint density at radius 1 is 1.32 bits per heavy atom. The lowest BCUT2D eigenvalue weighted by Gasteiger charge is -2.21. The second kappa shape index (κ2) is 7.70. The van der Waals surface area contributed by atoms with Crippen molar-refractivity contribution in [1.29, 1.82) is 0 Å². The van der Waals surface area contributed by atoms with Crippen LogP contribution in [0.1, 0.15) is 29.4 Å². The number of pyridine rings is 1. The number of carbonyl (C=O) groups excluding carboxylic acids is 1. The SMILES string of the molecule is CCCc1cc(C(=O)N(CCO)CCO)cc(N)n1. The summed E-state index contributed by atoms with van der Waals surface area (Å²) in [4.78, 5) is 17.8. The summed E-state index contributed by atoms with van der Waals surface area (Å²) in [6.07, 6.45) is 1.67. The lowest BCUT2D eigenvalue weighted by Crippen LogP contribution is -2.36. The van der Waals surface area contributed by atoms with Crippen LogP contribution >= 0.6 is 0 Å². The van der Waals surface area contributed by atoms with E-state index in [9.17, 15) is 4.79 Å². The summed E-state index contributed by atoms with van der Waals surface area (Å²) in [7, 11) is 0. The van der Waals surface area contributed by atoms with Gasteiger partial charge in [-0.05, 0) is 18.6 Å². The molecule has 1 heterocycles. The topological polar surface area (TPSA) is 99.7 Å². The summed E-state index contributed by atoms with van der Waals surface area (Å²) in [6.45, 7) is 2.11. The molecule has 1 rings (SSSR count). The Balaban J connectivity index is 2.95. The van der Waals surface area contributed by atoms with Crippen LogP contribution in [0.2, 0.25) is 0 Å². The fourth-order valence-electron chi connectivity index (χ4n) is 1.86. The van der Waals surface area contributed by atoms with Crippen LogP contribution in [-0.2, 0) is 6.42 Å². The predicted molar refractivity (Wildman–Crippen MR) is 72.7 cm³/mol. The Kier molecular flexibility index (Phi) is 6.24. The van der Waals surface area contributed by atoms with E-state index in [2.05, 4.69) is 4.98 Å². The number of aryl methyl sites for hydroxylation is 1. The number of hydrogen-bond donors (Lipinski definition) is 3. The fourth-order valence-corrected chi connectivity index (χ4v) is 1.86. The molecule has 106 valence electrons. The van der Waals surface area contributed by atoms with E-state index in [1.54, 1.807) is 6.07 Å². The van der Waals surface area contributed by atoms with Crippen LogP contribution in [0.4, 0.5) is 5.82 Å². The standard InChI is InChI=1S/C13H21N3O3/c1-2-3-11-8-10(9-12(14)15-11)13(19)16(4-6-17)5-7-18/h8-9,17-18H,2-7H2,1H3,(H2,14,15). The van der Waals surface area contributed by atoms with Crippen molar-refractivity contribution in [2.24, 2.45) is 0 Å². The van der Waals surface area contributed by atoms with E-state index in [0.29, 0.717) is 11.4 Å². The van der Waals surface area contributed by atoms with Gasteiger partial charge in [0.1, 0.15) is 5.82 Å². The van der Waals surface area contributed by atoms with Crippen molar-refractivity contribution >= 4 is 11.7 Å². The summed E-state index contributed by atoms with van der Waals surface area (Å²) >= 11 is 0. The van der Waals surface area contributed by atoms with Gasteiger partial charge >= 0.3 is 0 Å². The molecule has 19 heavy (non-hydrogen) atoms. The molecule has 0 atom stereocenters. The number of aromatic nitrogens is 1. The number of amides is 1. The zero-order chi connectivity index (χ0) is 14.3. The van der Waals surface area contributed by atoms with E-state index >= 15 is 0 Å². The monoisotopic (exact) mass is 267 g/mol. The number of anilines is 1. The van der Waals surface area contributed by atoms with Crippen molar-refractivity contribution < 1.29 is 15.0 Å². The van der Waals surface area contributed by atoms with Crippen LogP contribution in [0.5, 0.6) is 0 Å². The van der Waals surface area contributed by atoms with E-state index in [0.717, 1.165) is 18.5 Å². The van der Waals surface area contributed by atoms with E-state index in [1.807, 2.05) is 6.92 Å². The van der Waals surface area contributed by atoms with Crippen molar-refractivity contribution in [3.8, 4) is 0 Å². The second-order valence-corrected chi connectivity index (χ2v) is 4.26. The zero-order valence-corrected chi connectivity index (χ0v) is 11.2. The molecule has 1 aromatic rings. The molecule has 1 aromatic heterocycles. The van der Waals surface area contributed by atoms with Gasteiger partial charge in [-0.15, -0.1) is 0 Å². The maximum atomic E-state index is 12.3. The Hall–Kier alpha value is -1.66. The summed E-state index contributed by atoms with van der Waals surface area (Å²) in [5.74, 6) is 0.0526. The molecule has 1 amide bonds. The number of carbonyl (C=O) groups is 1. The van der Waals surface area contributed by atoms with Crippen molar-refractivity contribution in [2.75, 3.05) is 32.0 Å². The molecule has 0 radical (unpaired) electrons. The van der Waals surface area contributed by atoms with Crippen LogP contribution in [0.15, 0.2) is 12.1 Å². The highest BCUT2D eigenvalue weighted by Gasteiger charge is 2.16. The van der Waals surface area contributed by atoms with Gasteiger partial charge in [-0.1, -0.05) is 13.3 Å². The van der Waals surface area contributed by atoms with Gasteiger partial charge < -0.3 is 20.8 Å². The number of nitrogens with two attached hydrogens (primary N) is 1. The number of nitrogen functional groups attached to an aromatic ring is 1. The van der Waals surface area contributed by atoms with Gasteiger partial charge in [-0.2, -0.15) is 0 Å². The highest BCUT2D eigenvalue weighted by molar-refractivity contribution is 5.95. The largest absolute Gasteiger partial charge is 0.395 e. The highest BCUT2D eigenvalue weighted by Crippen LogP contribution is 2.12. The molecule has 6 heteroatoms. The maximum absolute atomic E-state index is 12.3. The van der Waals surface area contributed by atoms with E-state index < -0.39 is 0 Å². The Bertz CT molecular complexity index is 418. The Labute approximate surface area is 112 Å². The lowest BCUT2D eigenvalue weighted by molar-refractivity contribution is 0.0684. The molecular formula is C13H21N3O3. The molecule has 0 aliphatic heterocycles. The van der Waals surface area contributed by atoms with Gasteiger partial charge in [0, 0.05) is 24.3 Å². The highest BCUT2D eigenvalue weighted by atomic mass is 16.3. The molecule has 0 spiro atoms. The molecule has 0 unspecified atom stereocenters. The van der Waals surface area contributed by atoms with E-state index in [1.165, 1.54) is 11.0 Å². The first-order chi connectivity index (χ1) is 9.12. The Morgan fingerprint density at radius 3 is 2.47 bits per heavy atom. The molecule has 0 saturated heterocycles. The van der Waals surface area contributed by atoms with Gasteiger partial charge in [-0.3, -0.25) is 4.79 Å². The normalized spacial score (nSPS) is 10.5. The smallest absolute Gasteiger partial charge is 0.254 e. The van der Waals surface area contributed by atoms with Gasteiger partial charge in [0.15, 0.2) is 0 Å². The second-order valence-electron chi connectivity index (χ2n) is 4.26. The zero-order valence-electron chi connectivity index (χ0n) is 11.2. The molecule has 4 N–H and O–H groups in total. The van der Waals surface area contributed by atoms with Crippen LogP contribution < -0.4 is 5.73 Å². The minimum absolute atomic E-state index is 0.145. The van der Waals surface area contributed by atoms with Crippen LogP contribution in [0.3, 0.4) is 0 Å². The summed E-state index contributed by atoms with van der Waals surface area (Å²) in [5, 5.41) is 17.9. The average Bonchev–Trinajstić information content (AvgIpc) is 2.37. The number of aliphatic hydroxyl groups is 2. The number of rotatable bonds is 7. The van der Waals surface area contributed by atoms with Crippen molar-refractivity contribution in [3.05, 3.63) is 23.4 Å². The first kappa shape index (κ1) is 15.4. The summed E-state index contributed by atoms with van der Waals surface area (Å²) < 4.78 is 0. The van der Waals surface area contributed by atoms with Gasteiger partial charge in [-0.25, -0.2) is 4.98 Å². The third kappa shape index (κ3) is 4.50. The predicted octanol–water partition coefficient (Wildman–Crippen LogP) is 0.0431. The third-order valence-electron chi connectivity index (χ3n) is 2.68. The minimum Gasteiger partial charge on any atom is -0.395 e. The van der Waals surface area contributed by atoms with Crippen LogP contribution in [-0.4, -0.2) is 52.3 Å². The van der Waals surface area contributed by atoms with Crippen molar-refractivity contribution in [1.82, 2.24) is 9.88 Å². The van der Waals surface area contributed by atoms with Gasteiger partial charge in [0.2, 0.25) is 0 Å². The molecule has 0 bridgehead atoms. The molecule has 0 aromatic carbocycles. The molecule has 0 aliphatic rings. The quantitative estimate of drug-likeness (QED) is 0.648. The van der Waals surface area contributed by atoms with Crippen LogP contribution in [0, 0.1) is 0 Å². The summed E-state index contributed by atoms with van der Waals surface area (Å²) in [5.41, 5.74) is 6.91. The summed E-state index contributed by atoms with van der Waals surface area (Å²) in [6, 6.07) is 3.23. The van der Waals surface area contributed by atoms with Crippen molar-refractivity contribution in [3.63, 3.8) is 0 Å². The lowest BCUT2D eigenvalue weighted by atomic mass is 10.1. The maximum Gasteiger partial charge on any atom is 0.254 e. The van der Waals surface area contributed by atoms with E-state index in [-0.39, 0.29) is 32.2 Å². The fraction of sp³-hybridized carbons (Fsp3) is 0.538. The average molecular weight is 267 g/mol. The van der Waals surface area contributed by atoms with Crippen LogP contribution in [0.25, 0.3) is 0 Å². The molecule has 0 saturated carbocycles. The number of hydrogen-bond acceptors (Lipinski definition) is 5. The molecule has 0 aliphatic carbocycles.